The predicted octanol–water partition coefficient (Wildman–Crippen LogP) is -3.13. The molecule has 3 N–H and O–H groups in total. The number of hydrogen-bond acceptors (Lipinski definition) is 3. The van der Waals surface area contributed by atoms with Crippen molar-refractivity contribution in [2.75, 3.05) is 5.75 Å². The van der Waals surface area contributed by atoms with E-state index >= 15 is 0 Å². The summed E-state index contributed by atoms with van der Waals surface area (Å²) in [7, 11) is 0. The molecule has 9 heavy (non-hydrogen) atoms. The molecule has 0 fully saturated rings. The Balaban J connectivity index is -0.0000000600. The average Bonchev–Trinajstić information content (AvgIpc) is 1.65. The Kier molecular flexibility index (Phi) is 16.7. The van der Waals surface area contributed by atoms with Gasteiger partial charge < -0.3 is 12.3 Å². The monoisotopic (exact) mass is 181 g/mol. The molecule has 0 aliphatic heterocycles. The minimum absolute atomic E-state index is 0. The molecule has 1 unspecified atom stereocenters. The summed E-state index contributed by atoms with van der Waals surface area (Å²) in [6.45, 7) is 0. The van der Waals surface area contributed by atoms with Crippen LogP contribution in [0.3, 0.4) is 0 Å². The van der Waals surface area contributed by atoms with Crippen molar-refractivity contribution in [3.63, 3.8) is 0 Å². The second-order valence-electron chi connectivity index (χ2n) is 1.13. The fourth-order valence-corrected chi connectivity index (χ4v) is 0.234. The summed E-state index contributed by atoms with van der Waals surface area (Å²) in [5, 5.41) is 8.01. The Morgan fingerprint density at radius 2 is 2.22 bits per heavy atom. The maximum absolute atomic E-state index is 9.76. The van der Waals surface area contributed by atoms with Crippen LogP contribution in [-0.2, 0) is 4.79 Å². The van der Waals surface area contributed by atoms with Gasteiger partial charge in [-0.1, -0.05) is 0 Å². The van der Waals surface area contributed by atoms with Crippen LogP contribution in [-0.4, -0.2) is 22.9 Å². The summed E-state index contributed by atoms with van der Waals surface area (Å²) >= 11 is 3.65. The fraction of sp³-hybridized carbons (Fsp3) is 0.667. The quantitative estimate of drug-likeness (QED) is 0.312. The number of carbonyl (C=O) groups is 1. The van der Waals surface area contributed by atoms with E-state index in [4.69, 9.17) is 10.8 Å². The number of rotatable bonds is 2. The SMILES string of the molecule is Cl.NC(CS)C(=O)O.[H-].[Na+]. The van der Waals surface area contributed by atoms with Crippen molar-refractivity contribution in [1.29, 1.82) is 0 Å². The van der Waals surface area contributed by atoms with Gasteiger partial charge in [-0.2, -0.15) is 12.6 Å². The van der Waals surface area contributed by atoms with Crippen LogP contribution < -0.4 is 35.3 Å². The molecule has 0 spiro atoms. The third-order valence-corrected chi connectivity index (χ3v) is 0.907. The number of aliphatic carboxylic acids is 1. The molecule has 0 radical (unpaired) electrons. The maximum atomic E-state index is 9.76. The van der Waals surface area contributed by atoms with Crippen molar-refractivity contribution in [2.45, 2.75) is 6.04 Å². The first-order chi connectivity index (χ1) is 3.18. The largest absolute Gasteiger partial charge is 1.00 e. The van der Waals surface area contributed by atoms with Crippen LogP contribution in [0.5, 0.6) is 0 Å². The van der Waals surface area contributed by atoms with E-state index in [-0.39, 0.29) is 49.1 Å². The van der Waals surface area contributed by atoms with Gasteiger partial charge in [0, 0.05) is 5.75 Å². The predicted molar refractivity (Wildman–Crippen MR) is 37.8 cm³/mol. The van der Waals surface area contributed by atoms with Crippen LogP contribution in [0.4, 0.5) is 0 Å². The van der Waals surface area contributed by atoms with Gasteiger partial charge in [-0.3, -0.25) is 4.79 Å². The zero-order valence-corrected chi connectivity index (χ0v) is 8.78. The Morgan fingerprint density at radius 3 is 2.22 bits per heavy atom. The number of carboxylic acids is 1. The van der Waals surface area contributed by atoms with E-state index in [0.29, 0.717) is 0 Å². The van der Waals surface area contributed by atoms with Gasteiger partial charge in [-0.05, 0) is 0 Å². The van der Waals surface area contributed by atoms with Crippen LogP contribution in [0.2, 0.25) is 0 Å². The molecular formula is C3H9ClNNaO2S. The fourth-order valence-electron chi connectivity index (χ4n) is 0.0781. The summed E-state index contributed by atoms with van der Waals surface area (Å²) in [5.74, 6) is -0.815. The standard InChI is InChI=1S/C3H7NO2S.ClH.Na.H/c4-2(1-7)3(5)6;;;/h2,7H,1,4H2,(H,5,6);1H;;/q;;+1;-1. The second kappa shape index (κ2) is 9.07. The van der Waals surface area contributed by atoms with E-state index in [2.05, 4.69) is 12.6 Å². The molecule has 0 amide bonds. The van der Waals surface area contributed by atoms with Crippen molar-refractivity contribution in [2.24, 2.45) is 5.73 Å². The molecule has 0 rings (SSSR count). The van der Waals surface area contributed by atoms with E-state index in [9.17, 15) is 4.79 Å². The molecule has 0 aromatic rings. The molecule has 0 bridgehead atoms. The maximum Gasteiger partial charge on any atom is 1.00 e. The van der Waals surface area contributed by atoms with Gasteiger partial charge in [0.05, 0.1) is 0 Å². The Hall–Kier alpha value is 1.07. The molecule has 3 nitrogen and oxygen atoms in total. The van der Waals surface area contributed by atoms with Gasteiger partial charge in [0.1, 0.15) is 6.04 Å². The van der Waals surface area contributed by atoms with Gasteiger partial charge in [0.15, 0.2) is 0 Å². The zero-order valence-electron chi connectivity index (χ0n) is 6.07. The molecule has 0 saturated carbocycles. The van der Waals surface area contributed by atoms with Crippen molar-refractivity contribution < 1.29 is 40.9 Å². The van der Waals surface area contributed by atoms with E-state index in [1.807, 2.05) is 0 Å². The molecular weight excluding hydrogens is 173 g/mol. The molecule has 0 aliphatic rings. The topological polar surface area (TPSA) is 63.3 Å². The molecule has 0 saturated heterocycles. The number of thiol groups is 1. The number of nitrogens with two attached hydrogens (primary N) is 1. The van der Waals surface area contributed by atoms with Crippen LogP contribution in [0, 0.1) is 0 Å². The molecule has 0 aromatic carbocycles. The molecule has 0 aromatic heterocycles. The first kappa shape index (κ1) is 16.6. The van der Waals surface area contributed by atoms with Crippen molar-refractivity contribution in [3.8, 4) is 0 Å². The number of hydrogen-bond donors (Lipinski definition) is 3. The van der Waals surface area contributed by atoms with Gasteiger partial charge in [-0.25, -0.2) is 0 Å². The van der Waals surface area contributed by atoms with Gasteiger partial charge in [-0.15, -0.1) is 12.4 Å². The summed E-state index contributed by atoms with van der Waals surface area (Å²) in [6, 6.07) is -0.816. The van der Waals surface area contributed by atoms with Crippen molar-refractivity contribution in [3.05, 3.63) is 0 Å². The van der Waals surface area contributed by atoms with Crippen LogP contribution >= 0.6 is 25.0 Å². The number of carboxylic acid groups (broad SMARTS) is 1. The summed E-state index contributed by atoms with van der Waals surface area (Å²) in [4.78, 5) is 9.76. The van der Waals surface area contributed by atoms with Crippen molar-refractivity contribution in [1.82, 2.24) is 0 Å². The van der Waals surface area contributed by atoms with Crippen LogP contribution in [0.25, 0.3) is 0 Å². The summed E-state index contributed by atoms with van der Waals surface area (Å²) in [5.41, 5.74) is 4.94. The third kappa shape index (κ3) is 9.07. The minimum atomic E-state index is -1.00. The Labute approximate surface area is 89.0 Å². The van der Waals surface area contributed by atoms with Gasteiger partial charge >= 0.3 is 35.5 Å². The molecule has 0 heterocycles. The molecule has 0 aliphatic carbocycles. The first-order valence-corrected chi connectivity index (χ1v) is 2.41. The Bertz CT molecular complexity index is 88.9. The van der Waals surface area contributed by atoms with E-state index in [1.165, 1.54) is 0 Å². The molecule has 6 heteroatoms. The van der Waals surface area contributed by atoms with Gasteiger partial charge in [0.2, 0.25) is 0 Å². The third-order valence-electron chi connectivity index (χ3n) is 0.514. The van der Waals surface area contributed by atoms with E-state index in [1.54, 1.807) is 0 Å². The molecule has 52 valence electrons. The van der Waals surface area contributed by atoms with Crippen LogP contribution in [0.15, 0.2) is 0 Å². The summed E-state index contributed by atoms with van der Waals surface area (Å²) < 4.78 is 0. The first-order valence-electron chi connectivity index (χ1n) is 1.77. The molecule has 1 atom stereocenters. The summed E-state index contributed by atoms with van der Waals surface area (Å²) in [6.07, 6.45) is 0. The normalized spacial score (nSPS) is 10.4. The van der Waals surface area contributed by atoms with Crippen LogP contribution in [0.1, 0.15) is 1.43 Å². The Morgan fingerprint density at radius 1 is 1.89 bits per heavy atom. The average molecular weight is 182 g/mol. The minimum Gasteiger partial charge on any atom is -1.00 e. The number of halogens is 1. The van der Waals surface area contributed by atoms with Gasteiger partial charge in [0.25, 0.3) is 0 Å². The smallest absolute Gasteiger partial charge is 1.00 e. The van der Waals surface area contributed by atoms with E-state index in [0.717, 1.165) is 0 Å². The zero-order chi connectivity index (χ0) is 5.86. The van der Waals surface area contributed by atoms with E-state index < -0.39 is 12.0 Å². The second-order valence-corrected chi connectivity index (χ2v) is 1.49. The van der Waals surface area contributed by atoms with Crippen molar-refractivity contribution >= 4 is 31.0 Å².